The molecule has 1 aromatic heterocycles. The minimum absolute atomic E-state index is 0. The van der Waals surface area contributed by atoms with Gasteiger partial charge in [0.15, 0.2) is 11.5 Å². The minimum atomic E-state index is -0.506. The Morgan fingerprint density at radius 1 is 0.806 bits per heavy atom. The molecule has 173 valence electrons. The molecule has 1 radical (unpaired) electrons. The summed E-state index contributed by atoms with van der Waals surface area (Å²) in [6.45, 7) is 1.30. The second-order valence-corrected chi connectivity index (χ2v) is 8.07. The van der Waals surface area contributed by atoms with Crippen LogP contribution in [0.1, 0.15) is 18.1 Å². The molecule has 4 aromatic carbocycles. The second-order valence-electron chi connectivity index (χ2n) is 8.07. The van der Waals surface area contributed by atoms with Crippen molar-refractivity contribution in [1.82, 2.24) is 4.98 Å². The van der Waals surface area contributed by atoms with Crippen molar-refractivity contribution in [3.05, 3.63) is 120 Å². The van der Waals surface area contributed by atoms with Crippen LogP contribution in [0.2, 0.25) is 0 Å². The fraction of sp³-hybridized carbons (Fsp3) is 0.0667. The molecule has 0 saturated heterocycles. The van der Waals surface area contributed by atoms with Gasteiger partial charge >= 0.3 is 5.97 Å². The Morgan fingerprint density at radius 2 is 1.47 bits per heavy atom. The Morgan fingerprint density at radius 3 is 2.19 bits per heavy atom. The molecule has 5 rings (SSSR count). The van der Waals surface area contributed by atoms with E-state index in [0.29, 0.717) is 18.1 Å². The first-order valence-electron chi connectivity index (χ1n) is 11.3. The molecule has 5 aromatic rings. The smallest absolute Gasteiger partial charge is 0.352 e. The molecule has 0 aliphatic rings. The van der Waals surface area contributed by atoms with E-state index in [0.717, 1.165) is 39.3 Å². The molecule has 5 nitrogen and oxygen atoms in total. The molecule has 1 heterocycles. The zero-order valence-electron chi connectivity index (χ0n) is 20.2. The molecule has 0 aliphatic heterocycles. The van der Waals surface area contributed by atoms with E-state index in [4.69, 9.17) is 14.3 Å². The standard InChI is InChI=1S/C30H23NO4.Na/c1-21(32)34-35-26-17-10-11-22(20-26)19-25-16-8-9-18-27(25)30-31-28(23-12-4-2-5-13-23)29(33-30)24-14-6-3-7-15-24;/h2-18,20H,19H2,1H3;. The average molecular weight is 485 g/mol. The number of rotatable bonds is 7. The van der Waals surface area contributed by atoms with Gasteiger partial charge in [-0.1, -0.05) is 91.0 Å². The van der Waals surface area contributed by atoms with E-state index in [1.54, 1.807) is 6.07 Å². The average Bonchev–Trinajstić information content (AvgIpc) is 3.34. The van der Waals surface area contributed by atoms with Crippen LogP contribution in [-0.4, -0.2) is 40.5 Å². The Bertz CT molecular complexity index is 1390. The van der Waals surface area contributed by atoms with Crippen molar-refractivity contribution < 1.29 is 19.0 Å². The van der Waals surface area contributed by atoms with E-state index in [9.17, 15) is 4.79 Å². The third-order valence-electron chi connectivity index (χ3n) is 5.51. The first-order chi connectivity index (χ1) is 17.2. The van der Waals surface area contributed by atoms with Gasteiger partial charge in [-0.2, -0.15) is 0 Å². The maximum absolute atomic E-state index is 11.1. The van der Waals surface area contributed by atoms with Gasteiger partial charge in [-0.15, -0.1) is 0 Å². The minimum Gasteiger partial charge on any atom is -0.435 e. The topological polar surface area (TPSA) is 61.6 Å². The van der Waals surface area contributed by atoms with Gasteiger partial charge in [-0.05, 0) is 35.7 Å². The quantitative estimate of drug-likeness (QED) is 0.145. The van der Waals surface area contributed by atoms with Crippen LogP contribution in [0.25, 0.3) is 34.0 Å². The maximum atomic E-state index is 11.1. The summed E-state index contributed by atoms with van der Waals surface area (Å²) in [6.07, 6.45) is 0.622. The van der Waals surface area contributed by atoms with Crippen LogP contribution >= 0.6 is 0 Å². The van der Waals surface area contributed by atoms with Crippen LogP contribution < -0.4 is 4.89 Å². The predicted octanol–water partition coefficient (Wildman–Crippen LogP) is 6.74. The van der Waals surface area contributed by atoms with Crippen molar-refractivity contribution in [2.75, 3.05) is 0 Å². The van der Waals surface area contributed by atoms with Gasteiger partial charge in [0.25, 0.3) is 0 Å². The first kappa shape index (κ1) is 25.5. The summed E-state index contributed by atoms with van der Waals surface area (Å²) in [5.41, 5.74) is 5.74. The van der Waals surface area contributed by atoms with Gasteiger partial charge in [-0.3, -0.25) is 9.78 Å². The summed E-state index contributed by atoms with van der Waals surface area (Å²) in [4.78, 5) is 25.8. The molecular weight excluding hydrogens is 461 g/mol. The van der Waals surface area contributed by atoms with E-state index in [1.165, 1.54) is 6.92 Å². The van der Waals surface area contributed by atoms with Crippen LogP contribution in [0.4, 0.5) is 0 Å². The Labute approximate surface area is 231 Å². The van der Waals surface area contributed by atoms with Crippen LogP contribution in [0.3, 0.4) is 0 Å². The van der Waals surface area contributed by atoms with E-state index < -0.39 is 5.97 Å². The predicted molar refractivity (Wildman–Crippen MR) is 140 cm³/mol. The van der Waals surface area contributed by atoms with Crippen LogP contribution in [-0.2, 0) is 16.1 Å². The molecule has 0 unspecified atom stereocenters. The van der Waals surface area contributed by atoms with Crippen molar-refractivity contribution in [3.8, 4) is 39.8 Å². The van der Waals surface area contributed by atoms with E-state index in [1.807, 2.05) is 97.1 Å². The number of oxazole rings is 1. The van der Waals surface area contributed by atoms with Crippen molar-refractivity contribution in [1.29, 1.82) is 0 Å². The van der Waals surface area contributed by atoms with Crippen molar-refractivity contribution in [2.45, 2.75) is 13.3 Å². The first-order valence-corrected chi connectivity index (χ1v) is 11.3. The van der Waals surface area contributed by atoms with Gasteiger partial charge < -0.3 is 4.42 Å². The second kappa shape index (κ2) is 11.9. The number of hydrogen-bond acceptors (Lipinski definition) is 5. The summed E-state index contributed by atoms with van der Waals surface area (Å²) in [6, 6.07) is 35.6. The van der Waals surface area contributed by atoms with Crippen LogP contribution in [0.15, 0.2) is 114 Å². The molecule has 6 heteroatoms. The third kappa shape index (κ3) is 5.94. The van der Waals surface area contributed by atoms with E-state index >= 15 is 0 Å². The van der Waals surface area contributed by atoms with Gasteiger partial charge in [0.05, 0.1) is 0 Å². The van der Waals surface area contributed by atoms with Crippen molar-refractivity contribution in [3.63, 3.8) is 0 Å². The van der Waals surface area contributed by atoms with Crippen molar-refractivity contribution >= 4 is 35.5 Å². The number of benzene rings is 4. The third-order valence-corrected chi connectivity index (χ3v) is 5.51. The summed E-state index contributed by atoms with van der Waals surface area (Å²) in [5, 5.41) is 0. The molecule has 0 N–H and O–H groups in total. The zero-order chi connectivity index (χ0) is 24.0. The van der Waals surface area contributed by atoms with Gasteiger partial charge in [0, 0.05) is 53.2 Å². The number of aromatic nitrogens is 1. The normalized spacial score (nSPS) is 10.4. The largest absolute Gasteiger partial charge is 0.435 e. The molecule has 0 fully saturated rings. The van der Waals surface area contributed by atoms with E-state index in [2.05, 4.69) is 11.0 Å². The summed E-state index contributed by atoms with van der Waals surface area (Å²) in [5.74, 6) is 1.25. The molecule has 0 saturated carbocycles. The van der Waals surface area contributed by atoms with Crippen LogP contribution in [0.5, 0.6) is 5.75 Å². The molecule has 0 bridgehead atoms. The van der Waals surface area contributed by atoms with Crippen LogP contribution in [0, 0.1) is 0 Å². The maximum Gasteiger partial charge on any atom is 0.352 e. The number of hydrogen-bond donors (Lipinski definition) is 0. The van der Waals surface area contributed by atoms with E-state index in [-0.39, 0.29) is 29.6 Å². The zero-order valence-corrected chi connectivity index (χ0v) is 22.2. The van der Waals surface area contributed by atoms with Gasteiger partial charge in [-0.25, -0.2) is 9.78 Å². The molecule has 0 atom stereocenters. The Hall–Kier alpha value is -3.64. The van der Waals surface area contributed by atoms with Crippen molar-refractivity contribution in [2.24, 2.45) is 0 Å². The van der Waals surface area contributed by atoms with Gasteiger partial charge in [0.2, 0.25) is 5.89 Å². The Balaban J connectivity index is 0.00000304. The number of carbonyl (C=O) groups excluding carboxylic acids is 1. The summed E-state index contributed by atoms with van der Waals surface area (Å²) >= 11 is 0. The number of carbonyl (C=O) groups is 1. The summed E-state index contributed by atoms with van der Waals surface area (Å²) < 4.78 is 6.42. The monoisotopic (exact) mass is 484 g/mol. The fourth-order valence-corrected chi connectivity index (χ4v) is 3.93. The molecule has 0 amide bonds. The Kier molecular flexibility index (Phi) is 8.39. The molecule has 36 heavy (non-hydrogen) atoms. The molecular formula is C30H23NNaO4. The molecule has 0 aliphatic carbocycles. The SMILES string of the molecule is CC(=O)OOc1cccc(Cc2ccccc2-c2nc(-c3ccccc3)c(-c3ccccc3)o2)c1.[Na]. The summed E-state index contributed by atoms with van der Waals surface area (Å²) in [7, 11) is 0. The fourth-order valence-electron chi connectivity index (χ4n) is 3.93. The van der Waals surface area contributed by atoms with Gasteiger partial charge in [0.1, 0.15) is 5.69 Å². The number of nitrogens with zero attached hydrogens (tertiary/aromatic N) is 1. The molecule has 0 spiro atoms.